The molecule has 0 spiro atoms. The van der Waals surface area contributed by atoms with Crippen LogP contribution in [-0.4, -0.2) is 32.4 Å². The Labute approximate surface area is 381 Å². The molecule has 5 heterocycles. The number of carbonyl (C=O) groups excluding carboxylic acids is 1. The van der Waals surface area contributed by atoms with Crippen LogP contribution in [0.2, 0.25) is 0 Å². The molecule has 2 aliphatic rings. The van der Waals surface area contributed by atoms with Gasteiger partial charge in [0.05, 0.1) is 22.8 Å². The van der Waals surface area contributed by atoms with Gasteiger partial charge in [0, 0.05) is 66.9 Å². The molecule has 316 valence electrons. The largest absolute Gasteiger partial charge is 0.483 e. The molecule has 0 aliphatic carbocycles. The molecule has 4 N–H and O–H groups in total. The molecule has 8 nitrogen and oxygen atoms in total. The van der Waals surface area contributed by atoms with Gasteiger partial charge in [-0.25, -0.2) is 9.97 Å². The fraction of sp³-hybridized carbons (Fsp3) is 0.0172. The second-order valence-electron chi connectivity index (χ2n) is 16.0. The van der Waals surface area contributed by atoms with Crippen LogP contribution in [-0.2, 0) is 4.79 Å². The molecule has 0 fully saturated rings. The van der Waals surface area contributed by atoms with Gasteiger partial charge >= 0.3 is 0 Å². The zero-order valence-corrected chi connectivity index (χ0v) is 35.7. The summed E-state index contributed by atoms with van der Waals surface area (Å²) in [5.41, 5.74) is 17.0. The lowest BCUT2D eigenvalue weighted by Gasteiger charge is -2.13. The average molecular weight is 855 g/mol. The number of rotatable bonds is 10. The third kappa shape index (κ3) is 8.06. The first-order valence-electron chi connectivity index (χ1n) is 21.9. The van der Waals surface area contributed by atoms with E-state index in [1.807, 2.05) is 121 Å². The van der Waals surface area contributed by atoms with Crippen LogP contribution in [0, 0.1) is 0 Å². The van der Waals surface area contributed by atoms with E-state index in [1.54, 1.807) is 0 Å². The van der Waals surface area contributed by atoms with Crippen molar-refractivity contribution in [2.24, 2.45) is 0 Å². The third-order valence-corrected chi connectivity index (χ3v) is 11.7. The summed E-state index contributed by atoms with van der Waals surface area (Å²) in [6.45, 7) is -0.204. The van der Waals surface area contributed by atoms with E-state index in [0.717, 1.165) is 101 Å². The number of carbonyl (C=O) groups is 1. The normalized spacial score (nSPS) is 11.6. The fourth-order valence-corrected chi connectivity index (χ4v) is 8.68. The standard InChI is InChI=1S/C58H42N6O2/c65-54(60-43-27-25-42(26-28-43)59-41-21-11-4-12-22-41)37-66-53-24-14-13-23-44(53)58-51-35-33-49(63-51)56(39-17-7-2-8-18-39)47-31-29-45(61-47)55(38-15-5-1-6-16-38)46-30-32-48(62-46)57(40-19-9-3-10-20-40)50-34-36-52(58)64-50/h1-36,59,61,64H,37H2,(H,60,65). The number of para-hydroxylation sites is 2. The van der Waals surface area contributed by atoms with Gasteiger partial charge in [-0.05, 0) is 108 Å². The molecular weight excluding hydrogens is 813 g/mol. The van der Waals surface area contributed by atoms with Crippen LogP contribution in [0.5, 0.6) is 5.75 Å². The zero-order chi connectivity index (χ0) is 44.2. The van der Waals surface area contributed by atoms with Crippen molar-refractivity contribution in [3.8, 4) is 50.3 Å². The minimum absolute atomic E-state index is 0.204. The van der Waals surface area contributed by atoms with Crippen LogP contribution in [0.25, 0.3) is 90.9 Å². The molecular formula is C58H42N6O2. The van der Waals surface area contributed by atoms with Gasteiger partial charge in [-0.15, -0.1) is 0 Å². The van der Waals surface area contributed by atoms with Gasteiger partial charge in [-0.2, -0.15) is 0 Å². The summed E-state index contributed by atoms with van der Waals surface area (Å²) in [6, 6.07) is 64.9. The number of hydrogen-bond acceptors (Lipinski definition) is 5. The van der Waals surface area contributed by atoms with Gasteiger partial charge in [0.2, 0.25) is 0 Å². The van der Waals surface area contributed by atoms with Crippen molar-refractivity contribution in [3.05, 3.63) is 217 Å². The van der Waals surface area contributed by atoms with Crippen molar-refractivity contribution in [2.45, 2.75) is 0 Å². The Balaban J connectivity index is 1.07. The summed E-state index contributed by atoms with van der Waals surface area (Å²) in [4.78, 5) is 31.9. The monoisotopic (exact) mass is 854 g/mol. The van der Waals surface area contributed by atoms with Gasteiger partial charge in [0.15, 0.2) is 6.61 Å². The summed E-state index contributed by atoms with van der Waals surface area (Å²) >= 11 is 0. The summed E-state index contributed by atoms with van der Waals surface area (Å²) < 4.78 is 6.41. The van der Waals surface area contributed by atoms with E-state index >= 15 is 0 Å². The number of aromatic nitrogens is 4. The van der Waals surface area contributed by atoms with Crippen LogP contribution in [0.15, 0.2) is 194 Å². The lowest BCUT2D eigenvalue weighted by atomic mass is 10.0. The zero-order valence-electron chi connectivity index (χ0n) is 35.7. The quantitative estimate of drug-likeness (QED) is 0.110. The van der Waals surface area contributed by atoms with E-state index in [1.165, 1.54) is 0 Å². The smallest absolute Gasteiger partial charge is 0.262 e. The maximum Gasteiger partial charge on any atom is 0.262 e. The van der Waals surface area contributed by atoms with E-state index in [0.29, 0.717) is 11.4 Å². The number of anilines is 3. The molecule has 6 aromatic carbocycles. The Morgan fingerprint density at radius 1 is 0.409 bits per heavy atom. The number of nitrogens with zero attached hydrogens (tertiary/aromatic N) is 2. The predicted molar refractivity (Wildman–Crippen MR) is 271 cm³/mol. The Morgan fingerprint density at radius 3 is 1.27 bits per heavy atom. The van der Waals surface area contributed by atoms with Crippen LogP contribution in [0.4, 0.5) is 17.1 Å². The summed E-state index contributed by atoms with van der Waals surface area (Å²) in [5.74, 6) is 0.260. The molecule has 0 saturated carbocycles. The highest BCUT2D eigenvalue weighted by molar-refractivity contribution is 6.00. The Hall–Kier alpha value is -9.01. The molecule has 2 aliphatic heterocycles. The first kappa shape index (κ1) is 39.8. The molecule has 0 radical (unpaired) electrons. The Bertz CT molecular complexity index is 3430. The second-order valence-corrected chi connectivity index (χ2v) is 16.0. The Morgan fingerprint density at radius 2 is 0.788 bits per heavy atom. The van der Waals surface area contributed by atoms with E-state index < -0.39 is 0 Å². The van der Waals surface area contributed by atoms with E-state index in [9.17, 15) is 4.79 Å². The first-order valence-corrected chi connectivity index (χ1v) is 21.9. The maximum atomic E-state index is 13.5. The topological polar surface area (TPSA) is 108 Å². The maximum absolute atomic E-state index is 13.5. The van der Waals surface area contributed by atoms with Crippen molar-refractivity contribution < 1.29 is 9.53 Å². The molecule has 1 amide bonds. The number of benzene rings is 6. The van der Waals surface area contributed by atoms with Crippen LogP contribution < -0.4 is 15.4 Å². The van der Waals surface area contributed by atoms with Gasteiger partial charge in [0.1, 0.15) is 5.75 Å². The van der Waals surface area contributed by atoms with Gasteiger partial charge in [0.25, 0.3) is 5.91 Å². The highest BCUT2D eigenvalue weighted by Gasteiger charge is 2.20. The van der Waals surface area contributed by atoms with E-state index in [-0.39, 0.29) is 12.5 Å². The predicted octanol–water partition coefficient (Wildman–Crippen LogP) is 14.1. The molecule has 11 rings (SSSR count). The third-order valence-electron chi connectivity index (χ3n) is 11.7. The molecule has 0 atom stereocenters. The molecule has 0 unspecified atom stereocenters. The van der Waals surface area contributed by atoms with Gasteiger partial charge in [-0.3, -0.25) is 4.79 Å². The van der Waals surface area contributed by atoms with Crippen molar-refractivity contribution in [1.29, 1.82) is 0 Å². The molecule has 3 aromatic heterocycles. The fourth-order valence-electron chi connectivity index (χ4n) is 8.68. The molecule has 0 saturated heterocycles. The highest BCUT2D eigenvalue weighted by Crippen LogP contribution is 2.40. The number of fused-ring (bicyclic) bond motifs is 8. The lowest BCUT2D eigenvalue weighted by Crippen LogP contribution is -2.20. The number of amides is 1. The van der Waals surface area contributed by atoms with Crippen molar-refractivity contribution >= 4 is 69.3 Å². The van der Waals surface area contributed by atoms with Crippen molar-refractivity contribution in [2.75, 3.05) is 17.2 Å². The van der Waals surface area contributed by atoms with E-state index in [4.69, 9.17) is 14.7 Å². The van der Waals surface area contributed by atoms with Crippen LogP contribution >= 0.6 is 0 Å². The first-order chi connectivity index (χ1) is 32.6. The molecule has 66 heavy (non-hydrogen) atoms. The van der Waals surface area contributed by atoms with Gasteiger partial charge in [-0.1, -0.05) is 127 Å². The number of hydrogen-bond donors (Lipinski definition) is 4. The second kappa shape index (κ2) is 17.6. The highest BCUT2D eigenvalue weighted by atomic mass is 16.5. The summed E-state index contributed by atoms with van der Waals surface area (Å²) in [5, 5.41) is 6.37. The van der Waals surface area contributed by atoms with Crippen molar-refractivity contribution in [3.63, 3.8) is 0 Å². The summed E-state index contributed by atoms with van der Waals surface area (Å²) in [7, 11) is 0. The minimum Gasteiger partial charge on any atom is -0.483 e. The Kier molecular flexibility index (Phi) is 10.6. The molecule has 8 heteroatoms. The summed E-state index contributed by atoms with van der Waals surface area (Å²) in [6.07, 6.45) is 8.34. The number of H-pyrrole nitrogens is 2. The van der Waals surface area contributed by atoms with Crippen molar-refractivity contribution in [1.82, 2.24) is 19.9 Å². The SMILES string of the molecule is O=C(COc1ccccc1-c1c2nc(c(-c3ccccc3)c3ccc([nH]3)c(-c3ccccc3)c3nc(c(-c4ccccc4)c4ccc1[nH]4)C=C3)C=C2)Nc1ccc(Nc2ccccc2)cc1. The van der Waals surface area contributed by atoms with E-state index in [2.05, 4.69) is 118 Å². The van der Waals surface area contributed by atoms with Crippen LogP contribution in [0.3, 0.4) is 0 Å². The minimum atomic E-state index is -0.281. The number of ether oxygens (including phenoxy) is 1. The lowest BCUT2D eigenvalue weighted by molar-refractivity contribution is -0.118. The number of nitrogens with one attached hydrogen (secondary N) is 4. The van der Waals surface area contributed by atoms with Gasteiger partial charge < -0.3 is 25.3 Å². The van der Waals surface area contributed by atoms with Crippen LogP contribution in [0.1, 0.15) is 22.8 Å². The molecule has 8 bridgehead atoms. The number of aromatic amines is 2. The molecule has 9 aromatic rings. The average Bonchev–Trinajstić information content (AvgIpc) is 4.22.